The van der Waals surface area contributed by atoms with Crippen LogP contribution in [0.15, 0.2) is 23.2 Å². The van der Waals surface area contributed by atoms with Crippen molar-refractivity contribution in [2.75, 3.05) is 11.9 Å². The molecule has 20 heavy (non-hydrogen) atoms. The first-order valence-electron chi connectivity index (χ1n) is 6.34. The van der Waals surface area contributed by atoms with E-state index in [-0.39, 0.29) is 17.2 Å². The number of nitrogens with two attached hydrogens (primary N) is 1. The Labute approximate surface area is 116 Å². The third kappa shape index (κ3) is 4.73. The molecule has 4 N–H and O–H groups in total. The van der Waals surface area contributed by atoms with Crippen LogP contribution in [-0.2, 0) is 6.18 Å². The molecule has 112 valence electrons. The van der Waals surface area contributed by atoms with E-state index in [9.17, 15) is 13.2 Å². The highest BCUT2D eigenvalue weighted by molar-refractivity contribution is 5.93. The molecular weight excluding hydrogens is 269 g/mol. The second-order valence-corrected chi connectivity index (χ2v) is 4.38. The highest BCUT2D eigenvalue weighted by Crippen LogP contribution is 2.33. The van der Waals surface area contributed by atoms with E-state index >= 15 is 0 Å². The maximum atomic E-state index is 12.8. The molecule has 0 aliphatic heterocycles. The Balaban J connectivity index is 2.89. The summed E-state index contributed by atoms with van der Waals surface area (Å²) in [4.78, 5) is 4.13. The summed E-state index contributed by atoms with van der Waals surface area (Å²) in [5.74, 6) is 5.54. The van der Waals surface area contributed by atoms with Crippen molar-refractivity contribution >= 4 is 11.6 Å². The van der Waals surface area contributed by atoms with Crippen molar-refractivity contribution in [1.29, 1.82) is 0 Å². The Morgan fingerprint density at radius 1 is 1.35 bits per heavy atom. The van der Waals surface area contributed by atoms with E-state index in [2.05, 4.69) is 15.7 Å². The van der Waals surface area contributed by atoms with Crippen LogP contribution in [-0.4, -0.2) is 12.5 Å². The molecule has 0 fully saturated rings. The van der Waals surface area contributed by atoms with E-state index in [1.165, 1.54) is 13.0 Å². The molecule has 0 aliphatic rings. The van der Waals surface area contributed by atoms with Gasteiger partial charge in [0, 0.05) is 12.2 Å². The van der Waals surface area contributed by atoms with Gasteiger partial charge in [-0.3, -0.25) is 10.4 Å². The van der Waals surface area contributed by atoms with Crippen molar-refractivity contribution in [3.05, 3.63) is 29.3 Å². The van der Waals surface area contributed by atoms with Gasteiger partial charge in [-0.1, -0.05) is 19.4 Å². The molecule has 1 rings (SSSR count). The van der Waals surface area contributed by atoms with Crippen molar-refractivity contribution in [2.45, 2.75) is 32.9 Å². The van der Waals surface area contributed by atoms with Gasteiger partial charge < -0.3 is 5.32 Å². The van der Waals surface area contributed by atoms with Crippen LogP contribution in [0.2, 0.25) is 0 Å². The molecule has 0 radical (unpaired) electrons. The van der Waals surface area contributed by atoms with Crippen LogP contribution in [0.25, 0.3) is 0 Å². The molecule has 0 atom stereocenters. The van der Waals surface area contributed by atoms with Gasteiger partial charge in [-0.05, 0) is 31.0 Å². The minimum atomic E-state index is -4.38. The van der Waals surface area contributed by atoms with Crippen molar-refractivity contribution in [2.24, 2.45) is 10.8 Å². The second-order valence-electron chi connectivity index (χ2n) is 4.38. The van der Waals surface area contributed by atoms with E-state index in [4.69, 9.17) is 5.84 Å². The van der Waals surface area contributed by atoms with Gasteiger partial charge >= 0.3 is 6.18 Å². The standard InChI is InChI=1S/C13H19F3N4/c1-3-4-7-18-12(20-17)19-10-6-5-9(2)11(8-10)13(14,15)16/h5-6,8H,3-4,7,17H2,1-2H3,(H2,18,19,20). The van der Waals surface area contributed by atoms with Crippen molar-refractivity contribution in [1.82, 2.24) is 5.43 Å². The lowest BCUT2D eigenvalue weighted by Gasteiger charge is -2.14. The zero-order valence-corrected chi connectivity index (χ0v) is 11.5. The SMILES string of the molecule is CCCCN=C(NN)Nc1ccc(C)c(C(F)(F)F)c1. The minimum Gasteiger partial charge on any atom is -0.325 e. The molecule has 0 bridgehead atoms. The summed E-state index contributed by atoms with van der Waals surface area (Å²) >= 11 is 0. The number of anilines is 1. The molecule has 0 aromatic heterocycles. The van der Waals surface area contributed by atoms with E-state index in [1.54, 1.807) is 6.07 Å². The van der Waals surface area contributed by atoms with Crippen LogP contribution in [0.1, 0.15) is 30.9 Å². The van der Waals surface area contributed by atoms with E-state index in [0.717, 1.165) is 18.9 Å². The van der Waals surface area contributed by atoms with E-state index < -0.39 is 11.7 Å². The molecule has 1 aromatic carbocycles. The Kier molecular flexibility index (Phi) is 5.82. The molecule has 0 amide bonds. The molecule has 0 aliphatic carbocycles. The zero-order chi connectivity index (χ0) is 15.2. The van der Waals surface area contributed by atoms with E-state index in [1.807, 2.05) is 6.92 Å². The first-order chi connectivity index (χ1) is 9.38. The number of hydrogen-bond donors (Lipinski definition) is 3. The summed E-state index contributed by atoms with van der Waals surface area (Å²) in [5.41, 5.74) is 2.13. The summed E-state index contributed by atoms with van der Waals surface area (Å²) in [5, 5.41) is 2.74. The Morgan fingerprint density at radius 2 is 2.05 bits per heavy atom. The molecule has 4 nitrogen and oxygen atoms in total. The van der Waals surface area contributed by atoms with Gasteiger partial charge in [0.2, 0.25) is 5.96 Å². The van der Waals surface area contributed by atoms with Crippen LogP contribution in [0, 0.1) is 6.92 Å². The number of aliphatic imine (C=N–C) groups is 1. The highest BCUT2D eigenvalue weighted by Gasteiger charge is 2.32. The Morgan fingerprint density at radius 3 is 2.60 bits per heavy atom. The first-order valence-corrected chi connectivity index (χ1v) is 6.34. The number of benzene rings is 1. The molecular formula is C13H19F3N4. The number of guanidine groups is 1. The number of aryl methyl sites for hydroxylation is 1. The number of unbranched alkanes of at least 4 members (excludes halogenated alkanes) is 1. The van der Waals surface area contributed by atoms with Gasteiger partial charge in [-0.2, -0.15) is 13.2 Å². The smallest absolute Gasteiger partial charge is 0.325 e. The largest absolute Gasteiger partial charge is 0.416 e. The summed E-state index contributed by atoms with van der Waals surface area (Å²) in [6.07, 6.45) is -2.52. The summed E-state index contributed by atoms with van der Waals surface area (Å²) in [6, 6.07) is 4.00. The number of alkyl halides is 3. The first kappa shape index (κ1) is 16.3. The van der Waals surface area contributed by atoms with Crippen LogP contribution < -0.4 is 16.6 Å². The summed E-state index contributed by atoms with van der Waals surface area (Å²) < 4.78 is 38.4. The number of hydrogen-bond acceptors (Lipinski definition) is 2. The number of nitrogens with one attached hydrogen (secondary N) is 2. The number of nitrogens with zero attached hydrogens (tertiary/aromatic N) is 1. The van der Waals surface area contributed by atoms with Crippen LogP contribution in [0.3, 0.4) is 0 Å². The Hall–Kier alpha value is -1.76. The van der Waals surface area contributed by atoms with Gasteiger partial charge in [0.05, 0.1) is 5.56 Å². The van der Waals surface area contributed by atoms with Gasteiger partial charge in [0.25, 0.3) is 0 Å². The molecule has 0 saturated heterocycles. The maximum Gasteiger partial charge on any atom is 0.416 e. The lowest BCUT2D eigenvalue weighted by Crippen LogP contribution is -2.36. The average Bonchev–Trinajstić information content (AvgIpc) is 2.38. The molecule has 0 unspecified atom stereocenters. The quantitative estimate of drug-likeness (QED) is 0.262. The summed E-state index contributed by atoms with van der Waals surface area (Å²) in [6.45, 7) is 4.00. The second kappa shape index (κ2) is 7.14. The monoisotopic (exact) mass is 288 g/mol. The van der Waals surface area contributed by atoms with Crippen molar-refractivity contribution < 1.29 is 13.2 Å². The third-order valence-electron chi connectivity index (χ3n) is 2.72. The highest BCUT2D eigenvalue weighted by atomic mass is 19.4. The van der Waals surface area contributed by atoms with Gasteiger partial charge in [-0.25, -0.2) is 5.84 Å². The normalized spacial score (nSPS) is 12.4. The fourth-order valence-corrected chi connectivity index (χ4v) is 1.61. The Bertz CT molecular complexity index is 469. The third-order valence-corrected chi connectivity index (χ3v) is 2.72. The number of hydrazine groups is 1. The molecule has 1 aromatic rings. The fraction of sp³-hybridized carbons (Fsp3) is 0.462. The van der Waals surface area contributed by atoms with Crippen molar-refractivity contribution in [3.63, 3.8) is 0 Å². The lowest BCUT2D eigenvalue weighted by molar-refractivity contribution is -0.138. The molecule has 0 spiro atoms. The van der Waals surface area contributed by atoms with Gasteiger partial charge in [0.15, 0.2) is 0 Å². The van der Waals surface area contributed by atoms with Gasteiger partial charge in [-0.15, -0.1) is 0 Å². The molecule has 0 heterocycles. The lowest BCUT2D eigenvalue weighted by atomic mass is 10.1. The number of rotatable bonds is 4. The maximum absolute atomic E-state index is 12.8. The predicted molar refractivity (Wildman–Crippen MR) is 74.3 cm³/mol. The zero-order valence-electron chi connectivity index (χ0n) is 11.5. The van der Waals surface area contributed by atoms with Crippen molar-refractivity contribution in [3.8, 4) is 0 Å². The topological polar surface area (TPSA) is 62.4 Å². The fourth-order valence-electron chi connectivity index (χ4n) is 1.61. The predicted octanol–water partition coefficient (Wildman–Crippen LogP) is 3.05. The van der Waals surface area contributed by atoms with Crippen LogP contribution >= 0.6 is 0 Å². The van der Waals surface area contributed by atoms with E-state index in [0.29, 0.717) is 6.54 Å². The van der Waals surface area contributed by atoms with Crippen LogP contribution in [0.5, 0.6) is 0 Å². The van der Waals surface area contributed by atoms with Gasteiger partial charge in [0.1, 0.15) is 0 Å². The molecule has 0 saturated carbocycles. The average molecular weight is 288 g/mol. The molecule has 7 heteroatoms. The minimum absolute atomic E-state index is 0.174. The summed E-state index contributed by atoms with van der Waals surface area (Å²) in [7, 11) is 0. The van der Waals surface area contributed by atoms with Crippen LogP contribution in [0.4, 0.5) is 18.9 Å². The number of halogens is 3.